The Morgan fingerprint density at radius 3 is 2.43 bits per heavy atom. The number of hydrogen-bond acceptors (Lipinski definition) is 5. The van der Waals surface area contributed by atoms with E-state index in [0.29, 0.717) is 12.4 Å². The van der Waals surface area contributed by atoms with Crippen molar-refractivity contribution in [2.24, 2.45) is 0 Å². The molecule has 30 heavy (non-hydrogen) atoms. The fourth-order valence-corrected chi connectivity index (χ4v) is 4.89. The minimum atomic E-state index is -4.01. The Labute approximate surface area is 175 Å². The average molecular weight is 425 g/mol. The summed E-state index contributed by atoms with van der Waals surface area (Å²) >= 11 is 0. The Bertz CT molecular complexity index is 1200. The summed E-state index contributed by atoms with van der Waals surface area (Å²) in [6.45, 7) is 1.80. The SMILES string of the molecule is COc1cc(S(=O)(=O)c2c(C)cc(F)cc2CC#N)ccc1OCc1ccccc1. The van der Waals surface area contributed by atoms with Crippen LogP contribution < -0.4 is 9.47 Å². The van der Waals surface area contributed by atoms with Crippen molar-refractivity contribution < 1.29 is 22.3 Å². The van der Waals surface area contributed by atoms with Crippen molar-refractivity contribution >= 4 is 9.84 Å². The van der Waals surface area contributed by atoms with Crippen LogP contribution in [-0.2, 0) is 22.9 Å². The maximum Gasteiger partial charge on any atom is 0.207 e. The lowest BCUT2D eigenvalue weighted by molar-refractivity contribution is 0.284. The lowest BCUT2D eigenvalue weighted by Gasteiger charge is -2.15. The van der Waals surface area contributed by atoms with Gasteiger partial charge in [0.25, 0.3) is 0 Å². The highest BCUT2D eigenvalue weighted by Crippen LogP contribution is 2.35. The van der Waals surface area contributed by atoms with Crippen LogP contribution in [0.15, 0.2) is 70.5 Å². The van der Waals surface area contributed by atoms with E-state index in [1.165, 1.54) is 32.2 Å². The molecule has 0 amide bonds. The van der Waals surface area contributed by atoms with E-state index in [1.807, 2.05) is 36.4 Å². The molecule has 3 aromatic rings. The maximum absolute atomic E-state index is 13.8. The molecule has 3 rings (SSSR count). The number of halogens is 1. The third-order valence-corrected chi connectivity index (χ3v) is 6.53. The van der Waals surface area contributed by atoms with Crippen LogP contribution in [0.25, 0.3) is 0 Å². The summed E-state index contributed by atoms with van der Waals surface area (Å²) < 4.78 is 51.5. The fourth-order valence-electron chi connectivity index (χ4n) is 3.19. The van der Waals surface area contributed by atoms with Crippen LogP contribution in [0.5, 0.6) is 11.5 Å². The Hall–Kier alpha value is -3.37. The van der Waals surface area contributed by atoms with Crippen LogP contribution in [0.1, 0.15) is 16.7 Å². The topological polar surface area (TPSA) is 76.4 Å². The van der Waals surface area contributed by atoms with Gasteiger partial charge in [0.05, 0.1) is 29.4 Å². The maximum atomic E-state index is 13.8. The van der Waals surface area contributed by atoms with Crippen molar-refractivity contribution in [1.29, 1.82) is 5.26 Å². The molecule has 0 unspecified atom stereocenters. The molecule has 0 saturated heterocycles. The van der Waals surface area contributed by atoms with Crippen molar-refractivity contribution in [3.8, 4) is 17.6 Å². The van der Waals surface area contributed by atoms with Crippen LogP contribution in [-0.4, -0.2) is 15.5 Å². The van der Waals surface area contributed by atoms with Crippen molar-refractivity contribution in [3.05, 3.63) is 83.2 Å². The first-order chi connectivity index (χ1) is 14.4. The number of aryl methyl sites for hydroxylation is 1. The zero-order valence-electron chi connectivity index (χ0n) is 16.6. The third-order valence-electron chi connectivity index (χ3n) is 4.54. The first-order valence-electron chi connectivity index (χ1n) is 9.12. The van der Waals surface area contributed by atoms with E-state index in [1.54, 1.807) is 0 Å². The second-order valence-corrected chi connectivity index (χ2v) is 8.52. The lowest BCUT2D eigenvalue weighted by atomic mass is 10.1. The number of nitriles is 1. The van der Waals surface area contributed by atoms with Crippen LogP contribution in [0.3, 0.4) is 0 Å². The molecule has 0 N–H and O–H groups in total. The van der Waals surface area contributed by atoms with E-state index in [0.717, 1.165) is 17.7 Å². The number of ether oxygens (including phenoxy) is 2. The van der Waals surface area contributed by atoms with Crippen molar-refractivity contribution in [1.82, 2.24) is 0 Å². The molecule has 0 aliphatic carbocycles. The highest BCUT2D eigenvalue weighted by atomic mass is 32.2. The van der Waals surface area contributed by atoms with Crippen LogP contribution in [0.2, 0.25) is 0 Å². The molecule has 5 nitrogen and oxygen atoms in total. The monoisotopic (exact) mass is 425 g/mol. The van der Waals surface area contributed by atoms with Gasteiger partial charge in [-0.25, -0.2) is 12.8 Å². The molecule has 0 bridgehead atoms. The van der Waals surface area contributed by atoms with Gasteiger partial charge in [-0.1, -0.05) is 30.3 Å². The predicted molar refractivity (Wildman–Crippen MR) is 110 cm³/mol. The van der Waals surface area contributed by atoms with Gasteiger partial charge in [-0.15, -0.1) is 0 Å². The zero-order chi connectivity index (χ0) is 21.7. The molecule has 0 aliphatic rings. The van der Waals surface area contributed by atoms with Gasteiger partial charge in [0.1, 0.15) is 12.4 Å². The lowest BCUT2D eigenvalue weighted by Crippen LogP contribution is -2.09. The van der Waals surface area contributed by atoms with E-state index in [-0.39, 0.29) is 33.1 Å². The predicted octanol–water partition coefficient (Wildman–Crippen LogP) is 4.62. The molecular formula is C23H20FNO4S. The summed E-state index contributed by atoms with van der Waals surface area (Å²) in [5, 5.41) is 9.03. The standard InChI is InChI=1S/C23H20FNO4S/c1-16-12-19(24)13-18(10-11-25)23(16)30(26,27)20-8-9-21(22(14-20)28-2)29-15-17-6-4-3-5-7-17/h3-9,12-14H,10,15H2,1-2H3. The molecule has 0 atom stereocenters. The van der Waals surface area contributed by atoms with Crippen molar-refractivity contribution in [3.63, 3.8) is 0 Å². The largest absolute Gasteiger partial charge is 0.493 e. The summed E-state index contributed by atoms with van der Waals surface area (Å²) in [6, 6.07) is 18.0. The van der Waals surface area contributed by atoms with Gasteiger partial charge in [0.15, 0.2) is 11.5 Å². The van der Waals surface area contributed by atoms with Gasteiger partial charge in [-0.2, -0.15) is 5.26 Å². The molecule has 0 heterocycles. The van der Waals surface area contributed by atoms with E-state index < -0.39 is 15.7 Å². The first kappa shape index (κ1) is 21.3. The third kappa shape index (κ3) is 4.44. The van der Waals surface area contributed by atoms with Gasteiger partial charge in [-0.3, -0.25) is 0 Å². The summed E-state index contributed by atoms with van der Waals surface area (Å²) in [5.41, 5.74) is 1.32. The summed E-state index contributed by atoms with van der Waals surface area (Å²) in [7, 11) is -2.59. The number of sulfone groups is 1. The molecule has 0 spiro atoms. The number of benzene rings is 3. The molecular weight excluding hydrogens is 405 g/mol. The molecule has 0 aliphatic heterocycles. The molecule has 0 fully saturated rings. The molecule has 0 saturated carbocycles. The quantitative estimate of drug-likeness (QED) is 0.516. The fraction of sp³-hybridized carbons (Fsp3) is 0.174. The van der Waals surface area contributed by atoms with Crippen LogP contribution in [0, 0.1) is 24.1 Å². The smallest absolute Gasteiger partial charge is 0.207 e. The van der Waals surface area contributed by atoms with Crippen molar-refractivity contribution in [2.75, 3.05) is 7.11 Å². The highest BCUT2D eigenvalue weighted by molar-refractivity contribution is 7.91. The van der Waals surface area contributed by atoms with Gasteiger partial charge in [0.2, 0.25) is 9.84 Å². The van der Waals surface area contributed by atoms with E-state index >= 15 is 0 Å². The van der Waals surface area contributed by atoms with Gasteiger partial charge in [-0.05, 0) is 47.9 Å². The average Bonchev–Trinajstić information content (AvgIpc) is 2.72. The van der Waals surface area contributed by atoms with Crippen molar-refractivity contribution in [2.45, 2.75) is 29.7 Å². The van der Waals surface area contributed by atoms with E-state index in [9.17, 15) is 12.8 Å². The Morgan fingerprint density at radius 1 is 1.03 bits per heavy atom. The summed E-state index contributed by atoms with van der Waals surface area (Å²) in [5.74, 6) is 0.0703. The Morgan fingerprint density at radius 2 is 1.77 bits per heavy atom. The minimum Gasteiger partial charge on any atom is -0.493 e. The highest BCUT2D eigenvalue weighted by Gasteiger charge is 2.26. The molecule has 7 heteroatoms. The van der Waals surface area contributed by atoms with Crippen LogP contribution in [0.4, 0.5) is 4.39 Å². The Balaban J connectivity index is 1.99. The normalized spacial score (nSPS) is 11.0. The second kappa shape index (κ2) is 8.97. The Kier molecular flexibility index (Phi) is 6.38. The second-order valence-electron chi connectivity index (χ2n) is 6.64. The number of nitrogens with zero attached hydrogens (tertiary/aromatic N) is 1. The minimum absolute atomic E-state index is 0.0275. The van der Waals surface area contributed by atoms with Gasteiger partial charge in [0, 0.05) is 6.07 Å². The molecule has 154 valence electrons. The number of rotatable bonds is 7. The zero-order valence-corrected chi connectivity index (χ0v) is 17.4. The molecule has 0 radical (unpaired) electrons. The number of hydrogen-bond donors (Lipinski definition) is 0. The van der Waals surface area contributed by atoms with Gasteiger partial charge < -0.3 is 9.47 Å². The summed E-state index contributed by atoms with van der Waals surface area (Å²) in [4.78, 5) is -0.0919. The number of methoxy groups -OCH3 is 1. The van der Waals surface area contributed by atoms with E-state index in [4.69, 9.17) is 14.7 Å². The molecule has 0 aromatic heterocycles. The first-order valence-corrected chi connectivity index (χ1v) is 10.6. The summed E-state index contributed by atoms with van der Waals surface area (Å²) in [6.07, 6.45) is -0.220. The van der Waals surface area contributed by atoms with E-state index in [2.05, 4.69) is 0 Å². The molecule has 3 aromatic carbocycles. The van der Waals surface area contributed by atoms with Gasteiger partial charge >= 0.3 is 0 Å². The van der Waals surface area contributed by atoms with Crippen LogP contribution >= 0.6 is 0 Å².